The van der Waals surface area contributed by atoms with Gasteiger partial charge in [-0.3, -0.25) is 4.79 Å². The van der Waals surface area contributed by atoms with E-state index in [4.69, 9.17) is 9.15 Å². The normalized spacial score (nSPS) is 17.0. The Morgan fingerprint density at radius 1 is 1.35 bits per heavy atom. The van der Waals surface area contributed by atoms with E-state index < -0.39 is 17.7 Å². The van der Waals surface area contributed by atoms with Crippen molar-refractivity contribution in [2.45, 2.75) is 32.6 Å². The number of aryl methyl sites for hydroxylation is 1. The first-order valence-electron chi connectivity index (χ1n) is 8.73. The summed E-state index contributed by atoms with van der Waals surface area (Å²) >= 11 is 0. The van der Waals surface area contributed by atoms with E-state index in [0.29, 0.717) is 16.9 Å². The van der Waals surface area contributed by atoms with Crippen molar-refractivity contribution >= 4 is 29.2 Å². The molecule has 1 aliphatic carbocycles. The Morgan fingerprint density at radius 2 is 2.15 bits per heavy atom. The fourth-order valence-corrected chi connectivity index (χ4v) is 3.57. The van der Waals surface area contributed by atoms with Crippen LogP contribution >= 0.6 is 0 Å². The summed E-state index contributed by atoms with van der Waals surface area (Å²) in [5.74, 6) is -0.302. The van der Waals surface area contributed by atoms with Crippen molar-refractivity contribution in [2.75, 3.05) is 11.9 Å². The monoisotopic (exact) mass is 355 g/mol. The predicted molar refractivity (Wildman–Crippen MR) is 94.2 cm³/mol. The summed E-state index contributed by atoms with van der Waals surface area (Å²) in [6.45, 7) is 2.00. The van der Waals surface area contributed by atoms with Gasteiger partial charge in [0.1, 0.15) is 22.9 Å². The second-order valence-electron chi connectivity index (χ2n) is 6.35. The van der Waals surface area contributed by atoms with Crippen LogP contribution in [0.25, 0.3) is 11.6 Å². The van der Waals surface area contributed by atoms with Crippen molar-refractivity contribution < 1.29 is 23.1 Å². The summed E-state index contributed by atoms with van der Waals surface area (Å²) in [5, 5.41) is 2.53. The molecule has 4 rings (SSSR count). The van der Waals surface area contributed by atoms with Gasteiger partial charge in [0.15, 0.2) is 0 Å². The Labute approximate surface area is 149 Å². The summed E-state index contributed by atoms with van der Waals surface area (Å²) < 4.78 is 25.0. The van der Waals surface area contributed by atoms with Crippen LogP contribution in [0.3, 0.4) is 0 Å². The number of hydrogen-bond donors (Lipinski definition) is 1. The van der Waals surface area contributed by atoms with Crippen molar-refractivity contribution in [1.29, 1.82) is 0 Å². The summed E-state index contributed by atoms with van der Waals surface area (Å²) in [5.41, 5.74) is 2.12. The number of anilines is 1. The van der Waals surface area contributed by atoms with Crippen molar-refractivity contribution in [3.05, 3.63) is 52.2 Å². The minimum absolute atomic E-state index is 0.151. The minimum atomic E-state index is -0.497. The van der Waals surface area contributed by atoms with Gasteiger partial charge in [0.25, 0.3) is 5.91 Å². The Morgan fingerprint density at radius 3 is 2.96 bits per heavy atom. The number of hydrogen-bond acceptors (Lipinski definition) is 4. The van der Waals surface area contributed by atoms with Gasteiger partial charge in [-0.15, -0.1) is 0 Å². The first kappa shape index (κ1) is 16.6. The van der Waals surface area contributed by atoms with Gasteiger partial charge >= 0.3 is 5.97 Å². The van der Waals surface area contributed by atoms with E-state index in [1.165, 1.54) is 12.1 Å². The molecular weight excluding hydrogens is 337 g/mol. The van der Waals surface area contributed by atoms with Gasteiger partial charge in [-0.05, 0) is 38.3 Å². The average Bonchev–Trinajstić information content (AvgIpc) is 3.14. The molecule has 1 aliphatic heterocycles. The molecule has 0 radical (unpaired) electrons. The summed E-state index contributed by atoms with van der Waals surface area (Å²) in [6.07, 6.45) is 4.98. The first-order chi connectivity index (χ1) is 12.6. The number of ether oxygens (including phenoxy) is 1. The number of halogens is 1. The lowest BCUT2D eigenvalue weighted by Gasteiger charge is -2.10. The van der Waals surface area contributed by atoms with Crippen LogP contribution in [0, 0.1) is 5.82 Å². The fourth-order valence-electron chi connectivity index (χ4n) is 3.57. The second kappa shape index (κ2) is 6.44. The number of esters is 1. The van der Waals surface area contributed by atoms with Gasteiger partial charge in [0.2, 0.25) is 0 Å². The van der Waals surface area contributed by atoms with E-state index in [1.807, 2.05) is 0 Å². The lowest BCUT2D eigenvalue weighted by molar-refractivity contribution is -0.110. The molecule has 1 amide bonds. The smallest absolute Gasteiger partial charge is 0.342 e. The lowest BCUT2D eigenvalue weighted by atomic mass is 9.94. The molecule has 0 unspecified atom stereocenters. The van der Waals surface area contributed by atoms with Crippen molar-refractivity contribution in [3.63, 3.8) is 0 Å². The molecule has 1 aromatic heterocycles. The van der Waals surface area contributed by atoms with Crippen LogP contribution in [0.2, 0.25) is 0 Å². The number of rotatable bonds is 3. The largest absolute Gasteiger partial charge is 0.462 e. The summed E-state index contributed by atoms with van der Waals surface area (Å²) in [6, 6.07) is 4.49. The van der Waals surface area contributed by atoms with Crippen molar-refractivity contribution in [2.24, 2.45) is 0 Å². The Hall–Kier alpha value is -2.89. The highest BCUT2D eigenvalue weighted by Crippen LogP contribution is 2.37. The zero-order chi connectivity index (χ0) is 18.3. The standard InChI is InChI=1S/C20H18FNO4/c1-2-25-20(24)17-12-6-3-4-9-15(12)26-16(17)10-13-11-7-5-8-14(21)18(11)22-19(13)23/h5,7-8,10H,2-4,6,9H2,1H3,(H,22,23). The molecule has 5 nitrogen and oxygen atoms in total. The van der Waals surface area contributed by atoms with Crippen LogP contribution < -0.4 is 5.32 Å². The molecule has 6 heteroatoms. The fraction of sp³-hybridized carbons (Fsp3) is 0.300. The van der Waals surface area contributed by atoms with E-state index in [9.17, 15) is 14.0 Å². The van der Waals surface area contributed by atoms with E-state index in [1.54, 1.807) is 19.1 Å². The highest BCUT2D eigenvalue weighted by molar-refractivity contribution is 6.35. The maximum absolute atomic E-state index is 13.9. The van der Waals surface area contributed by atoms with E-state index >= 15 is 0 Å². The number of carbonyl (C=O) groups excluding carboxylic acids is 2. The SMILES string of the molecule is CCOC(=O)c1c(C=C2C(=O)Nc3c(F)cccc32)oc2c1CCCC2. The molecule has 1 aromatic carbocycles. The van der Waals surface area contributed by atoms with Crippen molar-refractivity contribution in [1.82, 2.24) is 0 Å². The van der Waals surface area contributed by atoms with Gasteiger partial charge in [-0.2, -0.15) is 0 Å². The third-order valence-corrected chi connectivity index (χ3v) is 4.74. The van der Waals surface area contributed by atoms with Gasteiger partial charge in [-0.25, -0.2) is 9.18 Å². The van der Waals surface area contributed by atoms with Crippen LogP contribution in [0.1, 0.15) is 52.8 Å². The minimum Gasteiger partial charge on any atom is -0.462 e. The molecule has 0 fully saturated rings. The number of furan rings is 1. The molecule has 0 spiro atoms. The maximum Gasteiger partial charge on any atom is 0.342 e. The third kappa shape index (κ3) is 2.62. The van der Waals surface area contributed by atoms with Crippen LogP contribution in [-0.2, 0) is 22.4 Å². The molecule has 0 saturated carbocycles. The molecule has 26 heavy (non-hydrogen) atoms. The number of fused-ring (bicyclic) bond motifs is 2. The van der Waals surface area contributed by atoms with Gasteiger partial charge < -0.3 is 14.5 Å². The molecule has 2 aliphatic rings. The third-order valence-electron chi connectivity index (χ3n) is 4.74. The number of benzene rings is 1. The van der Waals surface area contributed by atoms with E-state index in [0.717, 1.165) is 37.0 Å². The van der Waals surface area contributed by atoms with Crippen LogP contribution in [0.4, 0.5) is 10.1 Å². The molecule has 0 saturated heterocycles. The molecule has 134 valence electrons. The molecule has 1 N–H and O–H groups in total. The lowest BCUT2D eigenvalue weighted by Crippen LogP contribution is -2.10. The molecule has 2 heterocycles. The van der Waals surface area contributed by atoms with E-state index in [2.05, 4.69) is 5.32 Å². The first-order valence-corrected chi connectivity index (χ1v) is 8.73. The second-order valence-corrected chi connectivity index (χ2v) is 6.35. The predicted octanol–water partition coefficient (Wildman–Crippen LogP) is 3.97. The molecule has 0 atom stereocenters. The quantitative estimate of drug-likeness (QED) is 0.668. The van der Waals surface area contributed by atoms with E-state index in [-0.39, 0.29) is 17.9 Å². The highest BCUT2D eigenvalue weighted by atomic mass is 19.1. The number of nitrogens with one attached hydrogen (secondary N) is 1. The zero-order valence-electron chi connectivity index (χ0n) is 14.4. The molecule has 2 aromatic rings. The van der Waals surface area contributed by atoms with Crippen LogP contribution in [0.15, 0.2) is 22.6 Å². The maximum atomic E-state index is 13.9. The Kier molecular flexibility index (Phi) is 4.11. The molecular formula is C20H18FNO4. The number of carbonyl (C=O) groups is 2. The summed E-state index contributed by atoms with van der Waals surface area (Å²) in [4.78, 5) is 24.8. The zero-order valence-corrected chi connectivity index (χ0v) is 14.4. The summed E-state index contributed by atoms with van der Waals surface area (Å²) in [7, 11) is 0. The number of amides is 1. The van der Waals surface area contributed by atoms with Gasteiger partial charge in [0.05, 0.1) is 17.9 Å². The topological polar surface area (TPSA) is 68.5 Å². The van der Waals surface area contributed by atoms with Gasteiger partial charge in [0, 0.05) is 17.5 Å². The average molecular weight is 355 g/mol. The van der Waals surface area contributed by atoms with Crippen molar-refractivity contribution in [3.8, 4) is 0 Å². The molecule has 0 bridgehead atoms. The van der Waals surface area contributed by atoms with Crippen LogP contribution in [0.5, 0.6) is 0 Å². The van der Waals surface area contributed by atoms with Crippen LogP contribution in [-0.4, -0.2) is 18.5 Å². The number of para-hydroxylation sites is 1. The highest BCUT2D eigenvalue weighted by Gasteiger charge is 2.31. The Balaban J connectivity index is 1.86. The van der Waals surface area contributed by atoms with Gasteiger partial charge in [-0.1, -0.05) is 12.1 Å². The Bertz CT molecular complexity index is 942.